The average Bonchev–Trinajstić information content (AvgIpc) is 2.13. The maximum Gasteiger partial charge on any atom is 0.120 e. The number of rotatable bonds is 2. The molecule has 2 nitrogen and oxygen atoms in total. The first-order valence-corrected chi connectivity index (χ1v) is 4.67. The number of hydrogen-bond donors (Lipinski definition) is 1. The van der Waals surface area contributed by atoms with Gasteiger partial charge in [0.05, 0.1) is 5.01 Å². The third-order valence-corrected chi connectivity index (χ3v) is 3.08. The van der Waals surface area contributed by atoms with Crippen LogP contribution in [0.4, 0.5) is 0 Å². The Morgan fingerprint density at radius 1 is 1.70 bits per heavy atom. The second kappa shape index (κ2) is 3.46. The highest BCUT2D eigenvalue weighted by molar-refractivity contribution is 9.10. The fourth-order valence-electron chi connectivity index (χ4n) is 0.729. The molecule has 0 aromatic carbocycles. The molecule has 0 radical (unpaired) electrons. The van der Waals surface area contributed by atoms with Gasteiger partial charge in [-0.3, -0.25) is 0 Å². The zero-order chi connectivity index (χ0) is 7.56. The highest BCUT2D eigenvalue weighted by atomic mass is 79.9. The van der Waals surface area contributed by atoms with Crippen LogP contribution in [0.25, 0.3) is 0 Å². The molecule has 0 aliphatic heterocycles. The van der Waals surface area contributed by atoms with Gasteiger partial charge in [0.2, 0.25) is 0 Å². The second-order valence-electron chi connectivity index (χ2n) is 1.99. The predicted octanol–water partition coefficient (Wildman–Crippen LogP) is 1.72. The summed E-state index contributed by atoms with van der Waals surface area (Å²) in [7, 11) is 0. The lowest BCUT2D eigenvalue weighted by molar-refractivity contribution is 0.976. The van der Waals surface area contributed by atoms with Gasteiger partial charge >= 0.3 is 0 Å². The van der Waals surface area contributed by atoms with Crippen LogP contribution >= 0.6 is 27.3 Å². The smallest absolute Gasteiger partial charge is 0.120 e. The first-order chi connectivity index (χ1) is 4.74. The molecule has 0 aliphatic rings. The standard InChI is InChI=1S/C6H9BrN2S/c1-4-9-6(7)5(10-4)2-3-8/h2-3,8H2,1H3. The molecule has 2 N–H and O–H groups in total. The third-order valence-electron chi connectivity index (χ3n) is 1.13. The Balaban J connectivity index is 2.81. The lowest BCUT2D eigenvalue weighted by Crippen LogP contribution is -2.01. The van der Waals surface area contributed by atoms with Gasteiger partial charge in [-0.2, -0.15) is 0 Å². The van der Waals surface area contributed by atoms with Crippen molar-refractivity contribution in [3.63, 3.8) is 0 Å². The summed E-state index contributed by atoms with van der Waals surface area (Å²) in [5.41, 5.74) is 5.40. The van der Waals surface area contributed by atoms with E-state index in [4.69, 9.17) is 5.73 Å². The van der Waals surface area contributed by atoms with Gasteiger partial charge in [-0.1, -0.05) is 0 Å². The fraction of sp³-hybridized carbons (Fsp3) is 0.500. The van der Waals surface area contributed by atoms with E-state index in [1.165, 1.54) is 4.88 Å². The molecule has 4 heteroatoms. The summed E-state index contributed by atoms with van der Waals surface area (Å²) in [6.07, 6.45) is 0.923. The van der Waals surface area contributed by atoms with Crippen molar-refractivity contribution >= 4 is 27.3 Å². The van der Waals surface area contributed by atoms with E-state index in [9.17, 15) is 0 Å². The normalized spacial score (nSPS) is 10.3. The van der Waals surface area contributed by atoms with Crippen molar-refractivity contribution in [1.82, 2.24) is 4.98 Å². The Bertz CT molecular complexity index is 222. The van der Waals surface area contributed by atoms with E-state index in [0.717, 1.165) is 16.0 Å². The molecule has 1 aromatic heterocycles. The lowest BCUT2D eigenvalue weighted by Gasteiger charge is -1.89. The van der Waals surface area contributed by atoms with Gasteiger partial charge in [-0.05, 0) is 35.8 Å². The molecule has 0 saturated heterocycles. The summed E-state index contributed by atoms with van der Waals surface area (Å²) in [5, 5.41) is 1.09. The summed E-state index contributed by atoms with van der Waals surface area (Å²) >= 11 is 5.06. The van der Waals surface area contributed by atoms with Crippen LogP contribution in [-0.4, -0.2) is 11.5 Å². The average molecular weight is 221 g/mol. The minimum Gasteiger partial charge on any atom is -0.330 e. The molecule has 0 unspecified atom stereocenters. The zero-order valence-corrected chi connectivity index (χ0v) is 8.13. The maximum atomic E-state index is 5.40. The summed E-state index contributed by atoms with van der Waals surface area (Å²) in [5.74, 6) is 0. The second-order valence-corrected chi connectivity index (χ2v) is 4.02. The number of nitrogens with zero attached hydrogens (tertiary/aromatic N) is 1. The maximum absolute atomic E-state index is 5.40. The van der Waals surface area contributed by atoms with Crippen LogP contribution in [0.3, 0.4) is 0 Å². The molecule has 10 heavy (non-hydrogen) atoms. The highest BCUT2D eigenvalue weighted by Gasteiger charge is 2.03. The minimum absolute atomic E-state index is 0.695. The van der Waals surface area contributed by atoms with E-state index in [-0.39, 0.29) is 0 Å². The largest absolute Gasteiger partial charge is 0.330 e. The Kier molecular flexibility index (Phi) is 2.82. The van der Waals surface area contributed by atoms with Crippen molar-refractivity contribution in [3.8, 4) is 0 Å². The van der Waals surface area contributed by atoms with E-state index in [2.05, 4.69) is 20.9 Å². The summed E-state index contributed by atoms with van der Waals surface area (Å²) in [6, 6.07) is 0. The number of halogens is 1. The Morgan fingerprint density at radius 2 is 2.40 bits per heavy atom. The third kappa shape index (κ3) is 1.78. The molecule has 0 aliphatic carbocycles. The van der Waals surface area contributed by atoms with Crippen molar-refractivity contribution in [2.75, 3.05) is 6.54 Å². The van der Waals surface area contributed by atoms with Gasteiger partial charge in [-0.15, -0.1) is 11.3 Å². The molecule has 0 saturated carbocycles. The van der Waals surface area contributed by atoms with Crippen LogP contribution in [0.15, 0.2) is 4.60 Å². The SMILES string of the molecule is Cc1nc(Br)c(CCN)s1. The van der Waals surface area contributed by atoms with E-state index in [0.29, 0.717) is 6.54 Å². The van der Waals surface area contributed by atoms with Gasteiger partial charge in [0.25, 0.3) is 0 Å². The molecule has 0 fully saturated rings. The summed E-state index contributed by atoms with van der Waals surface area (Å²) in [6.45, 7) is 2.69. The van der Waals surface area contributed by atoms with Crippen LogP contribution in [0.1, 0.15) is 9.88 Å². The van der Waals surface area contributed by atoms with Crippen molar-refractivity contribution < 1.29 is 0 Å². The Morgan fingerprint density at radius 3 is 2.80 bits per heavy atom. The Hall–Kier alpha value is 0.0700. The number of aryl methyl sites for hydroxylation is 1. The van der Waals surface area contributed by atoms with Crippen LogP contribution in [0, 0.1) is 6.92 Å². The summed E-state index contributed by atoms with van der Waals surface area (Å²) < 4.78 is 0.959. The molecule has 0 bridgehead atoms. The van der Waals surface area contributed by atoms with Gasteiger partial charge in [0.1, 0.15) is 4.60 Å². The predicted molar refractivity (Wildman–Crippen MR) is 47.3 cm³/mol. The van der Waals surface area contributed by atoms with Crippen molar-refractivity contribution in [3.05, 3.63) is 14.5 Å². The number of hydrogen-bond acceptors (Lipinski definition) is 3. The van der Waals surface area contributed by atoms with Crippen LogP contribution < -0.4 is 5.73 Å². The number of aromatic nitrogens is 1. The van der Waals surface area contributed by atoms with E-state index in [1.54, 1.807) is 11.3 Å². The molecule has 1 heterocycles. The minimum atomic E-state index is 0.695. The molecule has 1 rings (SSSR count). The monoisotopic (exact) mass is 220 g/mol. The molecular weight excluding hydrogens is 212 g/mol. The molecule has 56 valence electrons. The van der Waals surface area contributed by atoms with E-state index in [1.807, 2.05) is 6.92 Å². The van der Waals surface area contributed by atoms with E-state index < -0.39 is 0 Å². The zero-order valence-electron chi connectivity index (χ0n) is 5.72. The van der Waals surface area contributed by atoms with Crippen LogP contribution in [-0.2, 0) is 6.42 Å². The molecular formula is C6H9BrN2S. The molecule has 0 atom stereocenters. The van der Waals surface area contributed by atoms with Gasteiger partial charge in [0, 0.05) is 4.88 Å². The van der Waals surface area contributed by atoms with Crippen molar-refractivity contribution in [1.29, 1.82) is 0 Å². The van der Waals surface area contributed by atoms with Crippen molar-refractivity contribution in [2.24, 2.45) is 5.73 Å². The first kappa shape index (κ1) is 8.17. The van der Waals surface area contributed by atoms with Gasteiger partial charge in [-0.25, -0.2) is 4.98 Å². The van der Waals surface area contributed by atoms with Gasteiger partial charge < -0.3 is 5.73 Å². The number of nitrogens with two attached hydrogens (primary N) is 1. The highest BCUT2D eigenvalue weighted by Crippen LogP contribution is 2.22. The molecule has 0 amide bonds. The van der Waals surface area contributed by atoms with Crippen molar-refractivity contribution in [2.45, 2.75) is 13.3 Å². The topological polar surface area (TPSA) is 38.9 Å². The van der Waals surface area contributed by atoms with Crippen LogP contribution in [0.2, 0.25) is 0 Å². The first-order valence-electron chi connectivity index (χ1n) is 3.06. The van der Waals surface area contributed by atoms with Gasteiger partial charge in [0.15, 0.2) is 0 Å². The quantitative estimate of drug-likeness (QED) is 0.825. The molecule has 0 spiro atoms. The Labute approximate surface area is 72.6 Å². The summed E-state index contributed by atoms with van der Waals surface area (Å²) in [4.78, 5) is 5.46. The number of thiazole rings is 1. The van der Waals surface area contributed by atoms with Crippen LogP contribution in [0.5, 0.6) is 0 Å². The van der Waals surface area contributed by atoms with E-state index >= 15 is 0 Å². The fourth-order valence-corrected chi connectivity index (χ4v) is 2.40. The molecule has 1 aromatic rings. The lowest BCUT2D eigenvalue weighted by atomic mass is 10.4.